The summed E-state index contributed by atoms with van der Waals surface area (Å²) in [5.41, 5.74) is 0.944. The molecule has 1 amide bonds. The second kappa shape index (κ2) is 6.16. The number of likely N-dealkylation sites (tertiary alicyclic amines) is 1. The highest BCUT2D eigenvalue weighted by Crippen LogP contribution is 2.21. The molecule has 1 aliphatic rings. The highest BCUT2D eigenvalue weighted by atomic mass is 35.5. The zero-order valence-corrected chi connectivity index (χ0v) is 10.8. The fourth-order valence-electron chi connectivity index (χ4n) is 2.24. The number of carbonyl (C=O) groups excluding carboxylic acids is 1. The first kappa shape index (κ1) is 13.3. The van der Waals surface area contributed by atoms with E-state index in [0.717, 1.165) is 44.4 Å². The van der Waals surface area contributed by atoms with Crippen molar-refractivity contribution in [3.8, 4) is 0 Å². The van der Waals surface area contributed by atoms with Gasteiger partial charge in [-0.2, -0.15) is 0 Å². The van der Waals surface area contributed by atoms with Crippen molar-refractivity contribution in [2.45, 2.75) is 25.4 Å². The molecule has 1 N–H and O–H groups in total. The van der Waals surface area contributed by atoms with Crippen LogP contribution in [0, 0.1) is 5.82 Å². The van der Waals surface area contributed by atoms with Gasteiger partial charge in [-0.15, -0.1) is 0 Å². The lowest BCUT2D eigenvalue weighted by Crippen LogP contribution is -2.41. The summed E-state index contributed by atoms with van der Waals surface area (Å²) in [5, 5.41) is 3.28. The Balaban J connectivity index is 1.89. The Kier molecular flexibility index (Phi) is 4.55. The monoisotopic (exact) mass is 270 g/mol. The molecule has 2 rings (SSSR count). The molecule has 1 saturated heterocycles. The van der Waals surface area contributed by atoms with Crippen LogP contribution in [0.15, 0.2) is 18.2 Å². The van der Waals surface area contributed by atoms with Crippen molar-refractivity contribution >= 4 is 18.0 Å². The Labute approximate surface area is 111 Å². The summed E-state index contributed by atoms with van der Waals surface area (Å²) in [6.07, 6.45) is 2.65. The Morgan fingerprint density at radius 2 is 2.17 bits per heavy atom. The zero-order chi connectivity index (χ0) is 13.0. The summed E-state index contributed by atoms with van der Waals surface area (Å²) in [5.74, 6) is -0.308. The van der Waals surface area contributed by atoms with Crippen molar-refractivity contribution in [1.82, 2.24) is 10.2 Å². The Morgan fingerprint density at radius 1 is 1.44 bits per heavy atom. The summed E-state index contributed by atoms with van der Waals surface area (Å²) < 4.78 is 12.9. The molecule has 5 heteroatoms. The van der Waals surface area contributed by atoms with E-state index < -0.39 is 0 Å². The van der Waals surface area contributed by atoms with Crippen molar-refractivity contribution in [2.75, 3.05) is 13.1 Å². The number of nitrogens with zero attached hydrogens (tertiary/aromatic N) is 1. The third-order valence-corrected chi connectivity index (χ3v) is 3.65. The SMILES string of the molecule is O=CNC1CCN(Cc2ccc(F)cc2Cl)CC1. The van der Waals surface area contributed by atoms with Gasteiger partial charge in [0.1, 0.15) is 5.82 Å². The third-order valence-electron chi connectivity index (χ3n) is 3.30. The van der Waals surface area contributed by atoms with E-state index in [2.05, 4.69) is 10.2 Å². The van der Waals surface area contributed by atoms with Gasteiger partial charge in [-0.05, 0) is 30.5 Å². The smallest absolute Gasteiger partial charge is 0.207 e. The van der Waals surface area contributed by atoms with Gasteiger partial charge in [0.05, 0.1) is 0 Å². The summed E-state index contributed by atoms with van der Waals surface area (Å²) in [6.45, 7) is 2.56. The molecular formula is C13H16ClFN2O. The first-order chi connectivity index (χ1) is 8.69. The van der Waals surface area contributed by atoms with E-state index in [-0.39, 0.29) is 11.9 Å². The molecule has 0 aromatic heterocycles. The lowest BCUT2D eigenvalue weighted by molar-refractivity contribution is -0.110. The lowest BCUT2D eigenvalue weighted by Gasteiger charge is -2.31. The number of halogens is 2. The van der Waals surface area contributed by atoms with Crippen LogP contribution in [0.5, 0.6) is 0 Å². The van der Waals surface area contributed by atoms with Gasteiger partial charge in [0.25, 0.3) is 0 Å². The van der Waals surface area contributed by atoms with Crippen LogP contribution in [-0.4, -0.2) is 30.4 Å². The molecule has 3 nitrogen and oxygen atoms in total. The van der Waals surface area contributed by atoms with Gasteiger partial charge in [-0.3, -0.25) is 9.69 Å². The number of piperidine rings is 1. The first-order valence-electron chi connectivity index (χ1n) is 6.05. The lowest BCUT2D eigenvalue weighted by atomic mass is 10.0. The number of hydrogen-bond donors (Lipinski definition) is 1. The minimum Gasteiger partial charge on any atom is -0.356 e. The molecule has 98 valence electrons. The van der Waals surface area contributed by atoms with E-state index in [1.54, 1.807) is 6.07 Å². The van der Waals surface area contributed by atoms with Gasteiger partial charge in [0.2, 0.25) is 6.41 Å². The average molecular weight is 271 g/mol. The van der Waals surface area contributed by atoms with Crippen LogP contribution in [0.3, 0.4) is 0 Å². The average Bonchev–Trinajstić information content (AvgIpc) is 2.35. The Bertz CT molecular complexity index is 419. The summed E-state index contributed by atoms with van der Waals surface area (Å²) in [6, 6.07) is 4.79. The predicted octanol–water partition coefficient (Wildman–Crippen LogP) is 2.19. The molecule has 0 spiro atoms. The van der Waals surface area contributed by atoms with E-state index in [1.807, 2.05) is 0 Å². The van der Waals surface area contributed by atoms with E-state index in [4.69, 9.17) is 11.6 Å². The number of carbonyl (C=O) groups is 1. The van der Waals surface area contributed by atoms with Crippen LogP contribution in [0.1, 0.15) is 18.4 Å². The van der Waals surface area contributed by atoms with Crippen molar-refractivity contribution in [3.05, 3.63) is 34.6 Å². The molecular weight excluding hydrogens is 255 g/mol. The fourth-order valence-corrected chi connectivity index (χ4v) is 2.47. The third kappa shape index (κ3) is 3.43. The number of nitrogens with one attached hydrogen (secondary N) is 1. The maximum Gasteiger partial charge on any atom is 0.207 e. The number of hydrogen-bond acceptors (Lipinski definition) is 2. The summed E-state index contributed by atoms with van der Waals surface area (Å²) in [4.78, 5) is 12.6. The largest absolute Gasteiger partial charge is 0.356 e. The molecule has 0 unspecified atom stereocenters. The summed E-state index contributed by atoms with van der Waals surface area (Å²) in [7, 11) is 0. The Morgan fingerprint density at radius 3 is 2.78 bits per heavy atom. The topological polar surface area (TPSA) is 32.3 Å². The fraction of sp³-hybridized carbons (Fsp3) is 0.462. The van der Waals surface area contributed by atoms with E-state index >= 15 is 0 Å². The molecule has 0 radical (unpaired) electrons. The molecule has 0 aliphatic carbocycles. The number of benzene rings is 1. The first-order valence-corrected chi connectivity index (χ1v) is 6.43. The van der Waals surface area contributed by atoms with Crippen LogP contribution in [0.25, 0.3) is 0 Å². The van der Waals surface area contributed by atoms with Gasteiger partial charge in [-0.25, -0.2) is 4.39 Å². The standard InChI is InChI=1S/C13H16ClFN2O/c14-13-7-11(15)2-1-10(13)8-17-5-3-12(4-6-17)16-9-18/h1-2,7,9,12H,3-6,8H2,(H,16,18). The highest BCUT2D eigenvalue weighted by Gasteiger charge is 2.19. The molecule has 0 bridgehead atoms. The van der Waals surface area contributed by atoms with E-state index in [1.165, 1.54) is 12.1 Å². The van der Waals surface area contributed by atoms with Gasteiger partial charge in [-0.1, -0.05) is 17.7 Å². The van der Waals surface area contributed by atoms with Crippen molar-refractivity contribution in [2.24, 2.45) is 0 Å². The van der Waals surface area contributed by atoms with Crippen LogP contribution >= 0.6 is 11.6 Å². The minimum absolute atomic E-state index is 0.280. The van der Waals surface area contributed by atoms with Gasteiger partial charge in [0, 0.05) is 30.7 Å². The second-order valence-electron chi connectivity index (χ2n) is 4.57. The van der Waals surface area contributed by atoms with E-state index in [9.17, 15) is 9.18 Å². The molecule has 1 fully saturated rings. The molecule has 18 heavy (non-hydrogen) atoms. The normalized spacial score (nSPS) is 17.7. The maximum absolute atomic E-state index is 12.9. The summed E-state index contributed by atoms with van der Waals surface area (Å²) >= 11 is 6.00. The Hall–Kier alpha value is -1.13. The minimum atomic E-state index is -0.308. The van der Waals surface area contributed by atoms with Crippen molar-refractivity contribution in [1.29, 1.82) is 0 Å². The molecule has 1 aliphatic heterocycles. The molecule has 1 aromatic rings. The molecule has 0 saturated carbocycles. The second-order valence-corrected chi connectivity index (χ2v) is 4.98. The van der Waals surface area contributed by atoms with Gasteiger partial charge >= 0.3 is 0 Å². The predicted molar refractivity (Wildman–Crippen MR) is 68.9 cm³/mol. The van der Waals surface area contributed by atoms with E-state index in [0.29, 0.717) is 5.02 Å². The van der Waals surface area contributed by atoms with Crippen LogP contribution in [0.4, 0.5) is 4.39 Å². The zero-order valence-electron chi connectivity index (χ0n) is 10.0. The number of rotatable bonds is 4. The molecule has 0 atom stereocenters. The van der Waals surface area contributed by atoms with Crippen LogP contribution < -0.4 is 5.32 Å². The molecule has 1 aromatic carbocycles. The maximum atomic E-state index is 12.9. The van der Waals surface area contributed by atoms with Gasteiger partial charge in [0.15, 0.2) is 0 Å². The van der Waals surface area contributed by atoms with Crippen molar-refractivity contribution in [3.63, 3.8) is 0 Å². The van der Waals surface area contributed by atoms with Crippen LogP contribution in [-0.2, 0) is 11.3 Å². The molecule has 1 heterocycles. The van der Waals surface area contributed by atoms with Crippen LogP contribution in [0.2, 0.25) is 5.02 Å². The van der Waals surface area contributed by atoms with Crippen molar-refractivity contribution < 1.29 is 9.18 Å². The number of amides is 1. The highest BCUT2D eigenvalue weighted by molar-refractivity contribution is 6.31. The van der Waals surface area contributed by atoms with Gasteiger partial charge < -0.3 is 5.32 Å². The quantitative estimate of drug-likeness (QED) is 0.851.